The lowest BCUT2D eigenvalue weighted by Gasteiger charge is -2.04. The minimum absolute atomic E-state index is 0.550. The molecule has 13 heavy (non-hydrogen) atoms. The van der Waals surface area contributed by atoms with E-state index in [1.54, 1.807) is 0 Å². The van der Waals surface area contributed by atoms with Gasteiger partial charge in [0.05, 0.1) is 0 Å². The van der Waals surface area contributed by atoms with E-state index in [9.17, 15) is 0 Å². The molecule has 0 bridgehead atoms. The maximum Gasteiger partial charge on any atom is 0.0413 e. The zero-order chi connectivity index (χ0) is 9.68. The Labute approximate surface area is 80.2 Å². The van der Waals surface area contributed by atoms with Crippen LogP contribution < -0.4 is 0 Å². The van der Waals surface area contributed by atoms with Crippen molar-refractivity contribution in [2.45, 2.75) is 32.6 Å². The first kappa shape index (κ1) is 9.80. The summed E-state index contributed by atoms with van der Waals surface area (Å²) in [5, 5.41) is 0. The van der Waals surface area contributed by atoms with E-state index in [2.05, 4.69) is 36.9 Å². The van der Waals surface area contributed by atoms with Gasteiger partial charge in [0.25, 0.3) is 0 Å². The van der Waals surface area contributed by atoms with E-state index in [0.29, 0.717) is 5.92 Å². The summed E-state index contributed by atoms with van der Waals surface area (Å²) in [6, 6.07) is 4.19. The maximum atomic E-state index is 5.18. The summed E-state index contributed by atoms with van der Waals surface area (Å²) in [5.41, 5.74) is 2.37. The van der Waals surface area contributed by atoms with Gasteiger partial charge in [-0.25, -0.2) is 0 Å². The quantitative estimate of drug-likeness (QED) is 0.640. The highest BCUT2D eigenvalue weighted by Crippen LogP contribution is 2.12. The second kappa shape index (κ2) is 4.67. The van der Waals surface area contributed by atoms with Gasteiger partial charge in [-0.1, -0.05) is 19.9 Å². The Bertz CT molecular complexity index is 290. The number of terminal acetylenes is 1. The summed E-state index contributed by atoms with van der Waals surface area (Å²) < 4.78 is 0. The van der Waals surface area contributed by atoms with Crippen LogP contribution in [0.2, 0.25) is 0 Å². The van der Waals surface area contributed by atoms with Crippen molar-refractivity contribution in [3.05, 3.63) is 29.6 Å². The third kappa shape index (κ3) is 2.91. The standard InChI is InChI=1S/C12H15N/c1-4-5-6-12-8-7-11(9-13-12)10(2)3/h1,7-10H,5-6H2,2-3H3. The molecule has 1 nitrogen and oxygen atoms in total. The molecule has 0 spiro atoms. The number of hydrogen-bond donors (Lipinski definition) is 0. The lowest BCUT2D eigenvalue weighted by molar-refractivity contribution is 0.847. The van der Waals surface area contributed by atoms with E-state index in [1.165, 1.54) is 5.56 Å². The van der Waals surface area contributed by atoms with Gasteiger partial charge in [0.15, 0.2) is 0 Å². The highest BCUT2D eigenvalue weighted by molar-refractivity contribution is 5.17. The summed E-state index contributed by atoms with van der Waals surface area (Å²) in [5.74, 6) is 3.16. The number of hydrogen-bond acceptors (Lipinski definition) is 1. The zero-order valence-corrected chi connectivity index (χ0v) is 8.25. The van der Waals surface area contributed by atoms with E-state index >= 15 is 0 Å². The summed E-state index contributed by atoms with van der Waals surface area (Å²) in [7, 11) is 0. The van der Waals surface area contributed by atoms with Gasteiger partial charge in [0.1, 0.15) is 0 Å². The Morgan fingerprint density at radius 2 is 2.23 bits per heavy atom. The first-order valence-electron chi connectivity index (χ1n) is 4.62. The van der Waals surface area contributed by atoms with Crippen LogP contribution in [0.25, 0.3) is 0 Å². The number of aromatic nitrogens is 1. The van der Waals surface area contributed by atoms with Crippen molar-refractivity contribution >= 4 is 0 Å². The third-order valence-electron chi connectivity index (χ3n) is 2.04. The fourth-order valence-electron chi connectivity index (χ4n) is 1.13. The molecule has 0 aliphatic rings. The smallest absolute Gasteiger partial charge is 0.0413 e. The molecule has 0 radical (unpaired) electrons. The summed E-state index contributed by atoms with van der Waals surface area (Å²) in [4.78, 5) is 4.34. The van der Waals surface area contributed by atoms with Crippen LogP contribution in [0.3, 0.4) is 0 Å². The molecule has 0 unspecified atom stereocenters. The molecule has 0 saturated carbocycles. The van der Waals surface area contributed by atoms with Crippen LogP contribution in [0.5, 0.6) is 0 Å². The van der Waals surface area contributed by atoms with Crippen LogP contribution in [-0.2, 0) is 6.42 Å². The first-order chi connectivity index (χ1) is 6.24. The summed E-state index contributed by atoms with van der Waals surface area (Å²) in [6.45, 7) is 4.33. The second-order valence-corrected chi connectivity index (χ2v) is 3.44. The van der Waals surface area contributed by atoms with Crippen LogP contribution in [0, 0.1) is 12.3 Å². The van der Waals surface area contributed by atoms with Crippen molar-refractivity contribution in [1.82, 2.24) is 4.98 Å². The molecular formula is C12H15N. The van der Waals surface area contributed by atoms with Crippen LogP contribution in [0.15, 0.2) is 18.3 Å². The minimum Gasteiger partial charge on any atom is -0.261 e. The molecule has 0 N–H and O–H groups in total. The Morgan fingerprint density at radius 3 is 2.69 bits per heavy atom. The molecule has 1 aromatic rings. The van der Waals surface area contributed by atoms with E-state index in [1.807, 2.05) is 6.20 Å². The van der Waals surface area contributed by atoms with E-state index in [0.717, 1.165) is 18.5 Å². The average Bonchev–Trinajstić information content (AvgIpc) is 2.15. The highest BCUT2D eigenvalue weighted by atomic mass is 14.7. The molecule has 0 aliphatic heterocycles. The lowest BCUT2D eigenvalue weighted by atomic mass is 10.1. The van der Waals surface area contributed by atoms with Crippen molar-refractivity contribution in [1.29, 1.82) is 0 Å². The fraction of sp³-hybridized carbons (Fsp3) is 0.417. The predicted octanol–water partition coefficient (Wildman–Crippen LogP) is 2.77. The van der Waals surface area contributed by atoms with Crippen LogP contribution in [0.1, 0.15) is 37.4 Å². The van der Waals surface area contributed by atoms with Gasteiger partial charge in [-0.2, -0.15) is 0 Å². The molecule has 0 aliphatic carbocycles. The maximum absolute atomic E-state index is 5.18. The Morgan fingerprint density at radius 1 is 1.46 bits per heavy atom. The zero-order valence-electron chi connectivity index (χ0n) is 8.25. The SMILES string of the molecule is C#CCCc1ccc(C(C)C)cn1. The monoisotopic (exact) mass is 173 g/mol. The normalized spacial score (nSPS) is 10.0. The topological polar surface area (TPSA) is 12.9 Å². The Balaban J connectivity index is 2.65. The van der Waals surface area contributed by atoms with Crippen LogP contribution >= 0.6 is 0 Å². The van der Waals surface area contributed by atoms with Crippen LogP contribution in [0.4, 0.5) is 0 Å². The minimum atomic E-state index is 0.550. The Hall–Kier alpha value is -1.29. The van der Waals surface area contributed by atoms with Gasteiger partial charge in [0, 0.05) is 24.7 Å². The highest BCUT2D eigenvalue weighted by Gasteiger charge is 1.99. The van der Waals surface area contributed by atoms with Gasteiger partial charge < -0.3 is 0 Å². The fourth-order valence-corrected chi connectivity index (χ4v) is 1.13. The molecule has 0 atom stereocenters. The molecule has 1 rings (SSSR count). The van der Waals surface area contributed by atoms with E-state index < -0.39 is 0 Å². The number of rotatable bonds is 3. The van der Waals surface area contributed by atoms with E-state index in [4.69, 9.17) is 6.42 Å². The second-order valence-electron chi connectivity index (χ2n) is 3.44. The summed E-state index contributed by atoms with van der Waals surface area (Å²) in [6.07, 6.45) is 8.77. The first-order valence-corrected chi connectivity index (χ1v) is 4.62. The van der Waals surface area contributed by atoms with Crippen molar-refractivity contribution in [3.63, 3.8) is 0 Å². The Kier molecular flexibility index (Phi) is 3.52. The predicted molar refractivity (Wildman–Crippen MR) is 55.5 cm³/mol. The van der Waals surface area contributed by atoms with Gasteiger partial charge in [-0.3, -0.25) is 4.98 Å². The number of pyridine rings is 1. The van der Waals surface area contributed by atoms with Crippen molar-refractivity contribution in [2.24, 2.45) is 0 Å². The molecule has 0 fully saturated rings. The van der Waals surface area contributed by atoms with Gasteiger partial charge in [-0.05, 0) is 17.5 Å². The molecule has 1 aromatic heterocycles. The summed E-state index contributed by atoms with van der Waals surface area (Å²) >= 11 is 0. The van der Waals surface area contributed by atoms with Crippen molar-refractivity contribution in [3.8, 4) is 12.3 Å². The molecule has 1 heteroatoms. The van der Waals surface area contributed by atoms with Crippen molar-refractivity contribution < 1.29 is 0 Å². The molecule has 0 saturated heterocycles. The molecule has 1 heterocycles. The van der Waals surface area contributed by atoms with Gasteiger partial charge >= 0.3 is 0 Å². The number of aryl methyl sites for hydroxylation is 1. The number of nitrogens with zero attached hydrogens (tertiary/aromatic N) is 1. The molecule has 0 amide bonds. The molecule has 68 valence electrons. The average molecular weight is 173 g/mol. The largest absolute Gasteiger partial charge is 0.261 e. The van der Waals surface area contributed by atoms with Crippen LogP contribution in [-0.4, -0.2) is 4.98 Å². The molecule has 0 aromatic carbocycles. The molecular weight excluding hydrogens is 158 g/mol. The lowest BCUT2D eigenvalue weighted by Crippen LogP contribution is -1.93. The third-order valence-corrected chi connectivity index (χ3v) is 2.04. The van der Waals surface area contributed by atoms with Crippen molar-refractivity contribution in [2.75, 3.05) is 0 Å². The van der Waals surface area contributed by atoms with Gasteiger partial charge in [0.2, 0.25) is 0 Å². The van der Waals surface area contributed by atoms with E-state index in [-0.39, 0.29) is 0 Å². The van der Waals surface area contributed by atoms with Gasteiger partial charge in [-0.15, -0.1) is 12.3 Å².